The molecule has 0 bridgehead atoms. The van der Waals surface area contributed by atoms with Gasteiger partial charge in [0.15, 0.2) is 0 Å². The molecule has 0 unspecified atom stereocenters. The van der Waals surface area contributed by atoms with E-state index in [1.165, 1.54) is 28.6 Å². The molecule has 1 heterocycles. The summed E-state index contributed by atoms with van der Waals surface area (Å²) in [5, 5.41) is 0.664. The van der Waals surface area contributed by atoms with Crippen molar-refractivity contribution in [2.24, 2.45) is 0 Å². The van der Waals surface area contributed by atoms with E-state index in [1.807, 2.05) is 25.1 Å². The quantitative estimate of drug-likeness (QED) is 0.691. The Morgan fingerprint density at radius 1 is 1.07 bits per heavy atom. The first kappa shape index (κ1) is 20.6. The lowest BCUT2D eigenvalue weighted by Gasteiger charge is -2.36. The number of rotatable bonds is 5. The SMILES string of the molecule is CCOC(=O)c1ccc(S(=O)(=O)N2CCN(c3cc(Cl)ccc3C)CC2)cc1. The Morgan fingerprint density at radius 2 is 1.71 bits per heavy atom. The molecular formula is C20H23ClN2O4S. The van der Waals surface area contributed by atoms with Crippen LogP contribution in [0.2, 0.25) is 5.02 Å². The van der Waals surface area contributed by atoms with Crippen LogP contribution in [0.15, 0.2) is 47.4 Å². The number of aryl methyl sites for hydroxylation is 1. The summed E-state index contributed by atoms with van der Waals surface area (Å²) in [5.74, 6) is -0.461. The van der Waals surface area contributed by atoms with Crippen LogP contribution in [0, 0.1) is 6.92 Å². The van der Waals surface area contributed by atoms with Crippen molar-refractivity contribution in [1.29, 1.82) is 0 Å². The number of carbonyl (C=O) groups excluding carboxylic acids is 1. The third-order valence-electron chi connectivity index (χ3n) is 4.75. The fraction of sp³-hybridized carbons (Fsp3) is 0.350. The summed E-state index contributed by atoms with van der Waals surface area (Å²) in [6.45, 7) is 5.95. The zero-order valence-corrected chi connectivity index (χ0v) is 17.5. The number of piperazine rings is 1. The third kappa shape index (κ3) is 4.32. The van der Waals surface area contributed by atoms with Crippen LogP contribution in [0.25, 0.3) is 0 Å². The number of sulfonamides is 1. The molecule has 1 saturated heterocycles. The largest absolute Gasteiger partial charge is 0.462 e. The molecule has 2 aromatic carbocycles. The van der Waals surface area contributed by atoms with Crippen LogP contribution in [-0.2, 0) is 14.8 Å². The van der Waals surface area contributed by atoms with Gasteiger partial charge in [-0.15, -0.1) is 0 Å². The fourth-order valence-electron chi connectivity index (χ4n) is 3.22. The number of nitrogens with zero attached hydrogens (tertiary/aromatic N) is 2. The Bertz CT molecular complexity index is 953. The second-order valence-corrected chi connectivity index (χ2v) is 8.94. The fourth-order valence-corrected chi connectivity index (χ4v) is 4.81. The number of benzene rings is 2. The molecule has 0 aliphatic carbocycles. The van der Waals surface area contributed by atoms with Crippen molar-refractivity contribution in [2.45, 2.75) is 18.7 Å². The van der Waals surface area contributed by atoms with Crippen LogP contribution in [0.4, 0.5) is 5.69 Å². The van der Waals surface area contributed by atoms with Gasteiger partial charge in [-0.2, -0.15) is 4.31 Å². The predicted molar refractivity (Wildman–Crippen MR) is 110 cm³/mol. The number of hydrogen-bond donors (Lipinski definition) is 0. The van der Waals surface area contributed by atoms with Crippen molar-refractivity contribution >= 4 is 33.3 Å². The molecule has 28 heavy (non-hydrogen) atoms. The molecule has 0 saturated carbocycles. The molecule has 1 aliphatic heterocycles. The van der Waals surface area contributed by atoms with Crippen LogP contribution in [-0.4, -0.2) is 51.5 Å². The smallest absolute Gasteiger partial charge is 0.338 e. The van der Waals surface area contributed by atoms with E-state index in [-0.39, 0.29) is 11.5 Å². The highest BCUT2D eigenvalue weighted by molar-refractivity contribution is 7.89. The van der Waals surface area contributed by atoms with Crippen molar-refractivity contribution in [2.75, 3.05) is 37.7 Å². The van der Waals surface area contributed by atoms with E-state index in [0.717, 1.165) is 11.3 Å². The zero-order valence-electron chi connectivity index (χ0n) is 15.9. The van der Waals surface area contributed by atoms with Crippen molar-refractivity contribution < 1.29 is 17.9 Å². The Balaban J connectivity index is 1.71. The average Bonchev–Trinajstić information content (AvgIpc) is 2.70. The summed E-state index contributed by atoms with van der Waals surface area (Å²) in [4.78, 5) is 14.1. The number of esters is 1. The predicted octanol–water partition coefficient (Wildman–Crippen LogP) is 3.34. The van der Waals surface area contributed by atoms with E-state index in [0.29, 0.717) is 36.8 Å². The summed E-state index contributed by atoms with van der Waals surface area (Å²) in [6, 6.07) is 11.6. The Labute approximate surface area is 170 Å². The second kappa shape index (κ2) is 8.51. The van der Waals surface area contributed by atoms with E-state index in [1.54, 1.807) is 6.92 Å². The summed E-state index contributed by atoms with van der Waals surface area (Å²) in [7, 11) is -3.61. The number of anilines is 1. The highest BCUT2D eigenvalue weighted by Gasteiger charge is 2.29. The topological polar surface area (TPSA) is 66.9 Å². The molecule has 2 aromatic rings. The minimum Gasteiger partial charge on any atom is -0.462 e. The molecule has 150 valence electrons. The lowest BCUT2D eigenvalue weighted by atomic mass is 10.1. The van der Waals surface area contributed by atoms with Gasteiger partial charge in [0.25, 0.3) is 0 Å². The van der Waals surface area contributed by atoms with Gasteiger partial charge in [-0.3, -0.25) is 0 Å². The average molecular weight is 423 g/mol. The van der Waals surface area contributed by atoms with Gasteiger partial charge >= 0.3 is 5.97 Å². The van der Waals surface area contributed by atoms with Crippen LogP contribution in [0.3, 0.4) is 0 Å². The lowest BCUT2D eigenvalue weighted by Crippen LogP contribution is -2.48. The molecule has 1 aliphatic rings. The third-order valence-corrected chi connectivity index (χ3v) is 6.90. The maximum Gasteiger partial charge on any atom is 0.338 e. The minimum absolute atomic E-state index is 0.174. The van der Waals surface area contributed by atoms with Crippen molar-refractivity contribution in [3.05, 3.63) is 58.6 Å². The maximum atomic E-state index is 12.9. The zero-order chi connectivity index (χ0) is 20.3. The molecular weight excluding hydrogens is 400 g/mol. The van der Waals surface area contributed by atoms with Gasteiger partial charge in [-0.25, -0.2) is 13.2 Å². The maximum absolute atomic E-state index is 12.9. The van der Waals surface area contributed by atoms with Gasteiger partial charge in [0.2, 0.25) is 10.0 Å². The van der Waals surface area contributed by atoms with Crippen LogP contribution < -0.4 is 4.90 Å². The number of hydrogen-bond acceptors (Lipinski definition) is 5. The number of carbonyl (C=O) groups is 1. The molecule has 8 heteroatoms. The molecule has 0 N–H and O–H groups in total. The molecule has 0 atom stereocenters. The molecule has 3 rings (SSSR count). The van der Waals surface area contributed by atoms with Crippen molar-refractivity contribution in [3.8, 4) is 0 Å². The van der Waals surface area contributed by atoms with Gasteiger partial charge in [0.1, 0.15) is 0 Å². The van der Waals surface area contributed by atoms with Gasteiger partial charge in [0, 0.05) is 36.9 Å². The summed E-state index contributed by atoms with van der Waals surface area (Å²) in [5.41, 5.74) is 2.47. The Hall–Kier alpha value is -2.09. The van der Waals surface area contributed by atoms with Crippen LogP contribution in [0.5, 0.6) is 0 Å². The van der Waals surface area contributed by atoms with E-state index in [9.17, 15) is 13.2 Å². The van der Waals surface area contributed by atoms with Gasteiger partial charge in [-0.1, -0.05) is 17.7 Å². The summed E-state index contributed by atoms with van der Waals surface area (Å²) < 4.78 is 32.3. The molecule has 0 radical (unpaired) electrons. The molecule has 0 aromatic heterocycles. The second-order valence-electron chi connectivity index (χ2n) is 6.57. The Kier molecular flexibility index (Phi) is 6.27. The van der Waals surface area contributed by atoms with Crippen molar-refractivity contribution in [3.63, 3.8) is 0 Å². The first-order valence-corrected chi connectivity index (χ1v) is 10.9. The molecule has 0 spiro atoms. The van der Waals surface area contributed by atoms with E-state index in [4.69, 9.17) is 16.3 Å². The van der Waals surface area contributed by atoms with Gasteiger partial charge in [0.05, 0.1) is 17.1 Å². The van der Waals surface area contributed by atoms with Gasteiger partial charge in [-0.05, 0) is 55.8 Å². The molecule has 1 fully saturated rings. The van der Waals surface area contributed by atoms with Crippen molar-refractivity contribution in [1.82, 2.24) is 4.31 Å². The molecule has 6 nitrogen and oxygen atoms in total. The first-order chi connectivity index (χ1) is 13.3. The van der Waals surface area contributed by atoms with E-state index < -0.39 is 16.0 Å². The Morgan fingerprint density at radius 3 is 2.32 bits per heavy atom. The highest BCUT2D eigenvalue weighted by atomic mass is 35.5. The molecule has 0 amide bonds. The van der Waals surface area contributed by atoms with Gasteiger partial charge < -0.3 is 9.64 Å². The van der Waals surface area contributed by atoms with Crippen LogP contribution in [0.1, 0.15) is 22.8 Å². The number of ether oxygens (including phenoxy) is 1. The monoisotopic (exact) mass is 422 g/mol. The lowest BCUT2D eigenvalue weighted by molar-refractivity contribution is 0.0526. The standard InChI is InChI=1S/C20H23ClN2O4S/c1-3-27-20(24)16-5-8-18(9-6-16)28(25,26)23-12-10-22(11-13-23)19-14-17(21)7-4-15(19)2/h4-9,14H,3,10-13H2,1-2H3. The number of halogens is 1. The normalized spacial score (nSPS) is 15.5. The summed E-state index contributed by atoms with van der Waals surface area (Å²) in [6.07, 6.45) is 0. The first-order valence-electron chi connectivity index (χ1n) is 9.11. The highest BCUT2D eigenvalue weighted by Crippen LogP contribution is 2.26. The van der Waals surface area contributed by atoms with E-state index in [2.05, 4.69) is 4.90 Å². The van der Waals surface area contributed by atoms with Crippen LogP contribution >= 0.6 is 11.6 Å². The minimum atomic E-state index is -3.61. The summed E-state index contributed by atoms with van der Waals surface area (Å²) >= 11 is 6.11. The van der Waals surface area contributed by atoms with E-state index >= 15 is 0 Å².